The molecule has 116 valence electrons. The molecule has 0 rings (SSSR count). The fourth-order valence-electron chi connectivity index (χ4n) is 1.47. The molecule has 0 amide bonds. The maximum Gasteiger partial charge on any atom is 0.173 e. The normalized spacial score (nSPS) is 15.3. The summed E-state index contributed by atoms with van der Waals surface area (Å²) < 4.78 is 16.2. The Morgan fingerprint density at radius 3 is 1.80 bits per heavy atom. The van der Waals surface area contributed by atoms with Crippen LogP contribution in [0, 0.1) is 0 Å². The quantitative estimate of drug-likeness (QED) is 0.373. The molecule has 5 heteroatoms. The first-order valence-electron chi connectivity index (χ1n) is 6.78. The highest BCUT2D eigenvalue weighted by atomic mass is 16.6. The van der Waals surface area contributed by atoms with Crippen LogP contribution in [0.25, 0.3) is 0 Å². The Balaban J connectivity index is 3.79. The smallest absolute Gasteiger partial charge is 0.173 e. The van der Waals surface area contributed by atoms with Crippen LogP contribution in [0.5, 0.6) is 0 Å². The summed E-state index contributed by atoms with van der Waals surface area (Å²) in [6, 6.07) is 0. The Labute approximate surface area is 121 Å². The fourth-order valence-corrected chi connectivity index (χ4v) is 1.47. The van der Waals surface area contributed by atoms with E-state index in [0.29, 0.717) is 39.2 Å². The first-order valence-corrected chi connectivity index (χ1v) is 6.78. The SMILES string of the molecule is C=CC(O)OCCC(C=C)OCCC(C=C)OCCN. The molecule has 5 nitrogen and oxygen atoms in total. The molecule has 0 radical (unpaired) electrons. The van der Waals surface area contributed by atoms with E-state index in [0.717, 1.165) is 0 Å². The second-order valence-corrected chi connectivity index (χ2v) is 4.15. The Hall–Kier alpha value is -0.980. The predicted octanol–water partition coefficient (Wildman–Crippen LogP) is 1.39. The molecule has 3 unspecified atom stereocenters. The van der Waals surface area contributed by atoms with Gasteiger partial charge in [0.05, 0.1) is 32.0 Å². The van der Waals surface area contributed by atoms with Gasteiger partial charge >= 0.3 is 0 Å². The van der Waals surface area contributed by atoms with Crippen LogP contribution in [0.2, 0.25) is 0 Å². The first kappa shape index (κ1) is 19.0. The minimum Gasteiger partial charge on any atom is -0.374 e. The van der Waals surface area contributed by atoms with Crippen molar-refractivity contribution >= 4 is 0 Å². The van der Waals surface area contributed by atoms with E-state index in [-0.39, 0.29) is 12.2 Å². The van der Waals surface area contributed by atoms with Gasteiger partial charge in [0.1, 0.15) is 0 Å². The van der Waals surface area contributed by atoms with Crippen molar-refractivity contribution in [3.63, 3.8) is 0 Å². The topological polar surface area (TPSA) is 73.9 Å². The lowest BCUT2D eigenvalue weighted by atomic mass is 10.2. The number of aliphatic hydroxyl groups excluding tert-OH is 1. The molecule has 0 spiro atoms. The van der Waals surface area contributed by atoms with Crippen LogP contribution >= 0.6 is 0 Å². The van der Waals surface area contributed by atoms with Gasteiger partial charge in [-0.05, 0) is 6.08 Å². The highest BCUT2D eigenvalue weighted by molar-refractivity contribution is 4.82. The van der Waals surface area contributed by atoms with E-state index < -0.39 is 6.29 Å². The van der Waals surface area contributed by atoms with Crippen molar-refractivity contribution in [2.24, 2.45) is 5.73 Å². The van der Waals surface area contributed by atoms with Gasteiger partial charge in [0, 0.05) is 19.4 Å². The lowest BCUT2D eigenvalue weighted by Gasteiger charge is -2.17. The zero-order valence-corrected chi connectivity index (χ0v) is 12.1. The van der Waals surface area contributed by atoms with Crippen molar-refractivity contribution in [3.05, 3.63) is 38.0 Å². The Morgan fingerprint density at radius 2 is 1.35 bits per heavy atom. The van der Waals surface area contributed by atoms with Crippen LogP contribution < -0.4 is 5.73 Å². The van der Waals surface area contributed by atoms with Gasteiger partial charge < -0.3 is 25.1 Å². The summed E-state index contributed by atoms with van der Waals surface area (Å²) in [6.07, 6.45) is 5.01. The van der Waals surface area contributed by atoms with Gasteiger partial charge in [0.25, 0.3) is 0 Å². The zero-order valence-electron chi connectivity index (χ0n) is 12.1. The van der Waals surface area contributed by atoms with E-state index in [2.05, 4.69) is 19.7 Å². The highest BCUT2D eigenvalue weighted by Gasteiger charge is 2.09. The van der Waals surface area contributed by atoms with Crippen molar-refractivity contribution in [1.82, 2.24) is 0 Å². The van der Waals surface area contributed by atoms with Crippen molar-refractivity contribution in [1.29, 1.82) is 0 Å². The van der Waals surface area contributed by atoms with Gasteiger partial charge in [0.2, 0.25) is 0 Å². The van der Waals surface area contributed by atoms with E-state index in [1.165, 1.54) is 6.08 Å². The van der Waals surface area contributed by atoms with Crippen LogP contribution in [-0.4, -0.2) is 50.0 Å². The summed E-state index contributed by atoms with van der Waals surface area (Å²) in [5.74, 6) is 0. The molecule has 0 aliphatic heterocycles. The summed E-state index contributed by atoms with van der Waals surface area (Å²) in [7, 11) is 0. The number of nitrogens with two attached hydrogens (primary N) is 1. The molecular weight excluding hydrogens is 258 g/mol. The van der Waals surface area contributed by atoms with Gasteiger partial charge in [-0.2, -0.15) is 0 Å². The van der Waals surface area contributed by atoms with Gasteiger partial charge in [-0.15, -0.1) is 13.2 Å². The summed E-state index contributed by atoms with van der Waals surface area (Å²) in [5.41, 5.74) is 5.38. The molecule has 0 aromatic heterocycles. The average Bonchev–Trinajstić information content (AvgIpc) is 2.48. The summed E-state index contributed by atoms with van der Waals surface area (Å²) >= 11 is 0. The van der Waals surface area contributed by atoms with Crippen molar-refractivity contribution < 1.29 is 19.3 Å². The van der Waals surface area contributed by atoms with Crippen LogP contribution in [0.4, 0.5) is 0 Å². The standard InChI is InChI=1S/C15H27NO4/c1-4-13(8-11-20-15(17)6-3)18-10-7-14(5-2)19-12-9-16/h4-6,13-15,17H,1-3,7-12,16H2. The third-order valence-corrected chi connectivity index (χ3v) is 2.60. The lowest BCUT2D eigenvalue weighted by Crippen LogP contribution is -2.21. The summed E-state index contributed by atoms with van der Waals surface area (Å²) in [5, 5.41) is 9.16. The van der Waals surface area contributed by atoms with Crippen molar-refractivity contribution in [2.75, 3.05) is 26.4 Å². The molecule has 0 saturated carbocycles. The molecule has 0 heterocycles. The van der Waals surface area contributed by atoms with E-state index in [1.54, 1.807) is 12.2 Å². The molecule has 20 heavy (non-hydrogen) atoms. The Bertz CT molecular complexity index is 271. The molecule has 0 saturated heterocycles. The van der Waals surface area contributed by atoms with Crippen molar-refractivity contribution in [3.8, 4) is 0 Å². The maximum absolute atomic E-state index is 9.16. The Kier molecular flexibility index (Phi) is 12.4. The lowest BCUT2D eigenvalue weighted by molar-refractivity contribution is -0.0739. The predicted molar refractivity (Wildman–Crippen MR) is 80.3 cm³/mol. The number of hydrogen-bond donors (Lipinski definition) is 2. The van der Waals surface area contributed by atoms with E-state index in [4.69, 9.17) is 25.1 Å². The summed E-state index contributed by atoms with van der Waals surface area (Å²) in [6.45, 7) is 12.8. The molecule has 0 aromatic rings. The molecule has 3 N–H and O–H groups in total. The average molecular weight is 285 g/mol. The highest BCUT2D eigenvalue weighted by Crippen LogP contribution is 2.06. The molecule has 0 fully saturated rings. The largest absolute Gasteiger partial charge is 0.374 e. The minimum atomic E-state index is -0.935. The number of hydrogen-bond acceptors (Lipinski definition) is 5. The first-order chi connectivity index (χ1) is 9.67. The van der Waals surface area contributed by atoms with Crippen LogP contribution in [-0.2, 0) is 14.2 Å². The zero-order chi connectivity index (χ0) is 15.2. The third-order valence-electron chi connectivity index (χ3n) is 2.60. The molecule has 0 aliphatic rings. The molecule has 0 aliphatic carbocycles. The number of rotatable bonds is 14. The van der Waals surface area contributed by atoms with Gasteiger partial charge in [-0.3, -0.25) is 0 Å². The number of aliphatic hydroxyl groups is 1. The summed E-state index contributed by atoms with van der Waals surface area (Å²) in [4.78, 5) is 0. The maximum atomic E-state index is 9.16. The van der Waals surface area contributed by atoms with E-state index in [9.17, 15) is 0 Å². The number of ether oxygens (including phenoxy) is 3. The van der Waals surface area contributed by atoms with Crippen molar-refractivity contribution in [2.45, 2.75) is 31.3 Å². The van der Waals surface area contributed by atoms with Gasteiger partial charge in [-0.1, -0.05) is 18.7 Å². The molecule has 0 aromatic carbocycles. The second-order valence-electron chi connectivity index (χ2n) is 4.15. The van der Waals surface area contributed by atoms with Gasteiger partial charge in [0.15, 0.2) is 6.29 Å². The molecule has 3 atom stereocenters. The van der Waals surface area contributed by atoms with Crippen LogP contribution in [0.15, 0.2) is 38.0 Å². The second kappa shape index (κ2) is 13.0. The molecular formula is C15H27NO4. The monoisotopic (exact) mass is 285 g/mol. The molecule has 0 bridgehead atoms. The van der Waals surface area contributed by atoms with E-state index >= 15 is 0 Å². The van der Waals surface area contributed by atoms with E-state index in [1.807, 2.05) is 0 Å². The Morgan fingerprint density at radius 1 is 0.850 bits per heavy atom. The van der Waals surface area contributed by atoms with Crippen LogP contribution in [0.3, 0.4) is 0 Å². The van der Waals surface area contributed by atoms with Gasteiger partial charge in [-0.25, -0.2) is 0 Å². The fraction of sp³-hybridized carbons (Fsp3) is 0.600. The minimum absolute atomic E-state index is 0.0529. The van der Waals surface area contributed by atoms with Crippen LogP contribution in [0.1, 0.15) is 12.8 Å². The third kappa shape index (κ3) is 9.89.